The summed E-state index contributed by atoms with van der Waals surface area (Å²) in [5, 5.41) is 3.52. The van der Waals surface area contributed by atoms with Crippen LogP contribution in [0.1, 0.15) is 31.4 Å². The van der Waals surface area contributed by atoms with E-state index in [0.717, 1.165) is 37.2 Å². The molecular formula is C18H34IN7. The van der Waals surface area contributed by atoms with Crippen LogP contribution < -0.4 is 10.2 Å². The zero-order valence-corrected chi connectivity index (χ0v) is 18.9. The van der Waals surface area contributed by atoms with E-state index in [1.807, 2.05) is 32.2 Å². The molecule has 2 fully saturated rings. The fourth-order valence-corrected chi connectivity index (χ4v) is 4.03. The Hall–Kier alpha value is -1.03. The fraction of sp³-hybridized carbons (Fsp3) is 0.778. The highest BCUT2D eigenvalue weighted by Crippen LogP contribution is 2.20. The lowest BCUT2D eigenvalue weighted by molar-refractivity contribution is 0.168. The van der Waals surface area contributed by atoms with Crippen molar-refractivity contribution in [1.82, 2.24) is 24.7 Å². The molecule has 0 spiro atoms. The number of guanidine groups is 1. The Balaban J connectivity index is 0.00000243. The van der Waals surface area contributed by atoms with E-state index in [1.54, 1.807) is 0 Å². The number of nitrogens with zero attached hydrogens (tertiary/aromatic N) is 6. The van der Waals surface area contributed by atoms with Crippen LogP contribution in [0.25, 0.3) is 0 Å². The van der Waals surface area contributed by atoms with Crippen molar-refractivity contribution >= 4 is 35.9 Å². The van der Waals surface area contributed by atoms with Crippen molar-refractivity contribution < 1.29 is 0 Å². The molecule has 0 radical (unpaired) electrons. The lowest BCUT2D eigenvalue weighted by Crippen LogP contribution is -2.44. The number of anilines is 1. The molecule has 0 aliphatic carbocycles. The summed E-state index contributed by atoms with van der Waals surface area (Å²) in [6, 6.07) is 0.691. The molecule has 0 bridgehead atoms. The second-order valence-electron chi connectivity index (χ2n) is 7.39. The maximum absolute atomic E-state index is 4.51. The van der Waals surface area contributed by atoms with Crippen LogP contribution in [0.2, 0.25) is 0 Å². The Labute approximate surface area is 174 Å². The maximum atomic E-state index is 4.51. The van der Waals surface area contributed by atoms with Crippen molar-refractivity contribution in [1.29, 1.82) is 0 Å². The lowest BCUT2D eigenvalue weighted by atomic mass is 10.1. The Morgan fingerprint density at radius 1 is 1.27 bits per heavy atom. The van der Waals surface area contributed by atoms with Crippen LogP contribution in [0.5, 0.6) is 0 Å². The topological polar surface area (TPSA) is 51.9 Å². The van der Waals surface area contributed by atoms with Gasteiger partial charge in [0, 0.05) is 47.3 Å². The minimum Gasteiger partial charge on any atom is -0.351 e. The number of hydrogen-bond donors (Lipinski definition) is 1. The lowest BCUT2D eigenvalue weighted by Gasteiger charge is -2.32. The monoisotopic (exact) mass is 475 g/mol. The van der Waals surface area contributed by atoms with Gasteiger partial charge >= 0.3 is 0 Å². The molecule has 0 amide bonds. The van der Waals surface area contributed by atoms with E-state index in [0.29, 0.717) is 6.04 Å². The molecule has 3 heterocycles. The molecule has 148 valence electrons. The number of halogens is 1. The van der Waals surface area contributed by atoms with Crippen LogP contribution >= 0.6 is 24.0 Å². The van der Waals surface area contributed by atoms with E-state index < -0.39 is 0 Å². The number of nitrogens with one attached hydrogen (secondary N) is 1. The summed E-state index contributed by atoms with van der Waals surface area (Å²) in [6.45, 7) is 5.47. The molecule has 2 saturated heterocycles. The summed E-state index contributed by atoms with van der Waals surface area (Å²) in [5.74, 6) is 1.98. The van der Waals surface area contributed by atoms with Gasteiger partial charge in [-0.15, -0.1) is 24.0 Å². The zero-order chi connectivity index (χ0) is 17.8. The first kappa shape index (κ1) is 21.3. The van der Waals surface area contributed by atoms with Crippen LogP contribution in [0.3, 0.4) is 0 Å². The summed E-state index contributed by atoms with van der Waals surface area (Å²) in [6.07, 6.45) is 7.31. The smallest absolute Gasteiger partial charge is 0.204 e. The van der Waals surface area contributed by atoms with Crippen LogP contribution in [-0.4, -0.2) is 78.7 Å². The molecule has 2 aliphatic heterocycles. The minimum absolute atomic E-state index is 0. The molecule has 2 aliphatic rings. The van der Waals surface area contributed by atoms with Crippen LogP contribution in [0.4, 0.5) is 5.95 Å². The normalized spacial score (nSPS) is 21.6. The SMILES string of the molecule is CN=C(NCc1cnc(N(C)C)n1C)N1CCC(N2CCCCC2)C1.I. The third-order valence-electron chi connectivity index (χ3n) is 5.47. The van der Waals surface area contributed by atoms with Gasteiger partial charge in [-0.3, -0.25) is 9.89 Å². The van der Waals surface area contributed by atoms with Gasteiger partial charge in [-0.25, -0.2) is 4.98 Å². The number of aliphatic imine (C=N–C) groups is 1. The van der Waals surface area contributed by atoms with Gasteiger partial charge in [0.2, 0.25) is 5.95 Å². The van der Waals surface area contributed by atoms with Crippen molar-refractivity contribution in [3.05, 3.63) is 11.9 Å². The van der Waals surface area contributed by atoms with E-state index in [1.165, 1.54) is 38.8 Å². The van der Waals surface area contributed by atoms with Gasteiger partial charge in [0.15, 0.2) is 5.96 Å². The predicted octanol–water partition coefficient (Wildman–Crippen LogP) is 1.74. The van der Waals surface area contributed by atoms with Crippen molar-refractivity contribution in [3.63, 3.8) is 0 Å². The van der Waals surface area contributed by atoms with Crippen LogP contribution in [0.15, 0.2) is 11.2 Å². The average Bonchev–Trinajstić information content (AvgIpc) is 3.24. The molecule has 0 saturated carbocycles. The van der Waals surface area contributed by atoms with Crippen LogP contribution in [0, 0.1) is 0 Å². The van der Waals surface area contributed by atoms with Gasteiger partial charge in [0.1, 0.15) is 0 Å². The van der Waals surface area contributed by atoms with Crippen molar-refractivity contribution in [2.75, 3.05) is 52.2 Å². The van der Waals surface area contributed by atoms with E-state index >= 15 is 0 Å². The molecule has 1 atom stereocenters. The fourth-order valence-electron chi connectivity index (χ4n) is 4.03. The van der Waals surface area contributed by atoms with Crippen molar-refractivity contribution in [3.8, 4) is 0 Å². The summed E-state index contributed by atoms with van der Waals surface area (Å²) in [5.41, 5.74) is 1.16. The Kier molecular flexibility index (Phi) is 8.00. The Morgan fingerprint density at radius 2 is 2.00 bits per heavy atom. The van der Waals surface area contributed by atoms with E-state index in [4.69, 9.17) is 0 Å². The molecule has 7 nitrogen and oxygen atoms in total. The first-order valence-electron chi connectivity index (χ1n) is 9.47. The predicted molar refractivity (Wildman–Crippen MR) is 119 cm³/mol. The number of rotatable bonds is 4. The standard InChI is InChI=1S/C18H33N7.HI/c1-19-17(20-12-16-13-21-18(22(2)3)23(16)4)25-11-8-15(14-25)24-9-6-5-7-10-24;/h13,15H,5-12,14H2,1-4H3,(H,19,20);1H. The van der Waals surface area contributed by atoms with Gasteiger partial charge in [-0.05, 0) is 32.4 Å². The molecule has 1 N–H and O–H groups in total. The number of piperidine rings is 1. The van der Waals surface area contributed by atoms with Gasteiger partial charge in [0.05, 0.1) is 18.4 Å². The Morgan fingerprint density at radius 3 is 2.62 bits per heavy atom. The van der Waals surface area contributed by atoms with Gasteiger partial charge < -0.3 is 19.7 Å². The second-order valence-corrected chi connectivity index (χ2v) is 7.39. The van der Waals surface area contributed by atoms with Crippen LogP contribution in [-0.2, 0) is 13.6 Å². The molecule has 0 aromatic carbocycles. The first-order valence-corrected chi connectivity index (χ1v) is 9.47. The summed E-state index contributed by atoms with van der Waals surface area (Å²) in [7, 11) is 7.97. The molecule has 26 heavy (non-hydrogen) atoms. The highest BCUT2D eigenvalue weighted by atomic mass is 127. The van der Waals surface area contributed by atoms with E-state index in [9.17, 15) is 0 Å². The van der Waals surface area contributed by atoms with Gasteiger partial charge in [-0.1, -0.05) is 6.42 Å². The third kappa shape index (κ3) is 4.82. The second kappa shape index (κ2) is 9.77. The average molecular weight is 475 g/mol. The number of likely N-dealkylation sites (tertiary alicyclic amines) is 2. The third-order valence-corrected chi connectivity index (χ3v) is 5.47. The highest BCUT2D eigenvalue weighted by Gasteiger charge is 2.30. The van der Waals surface area contributed by atoms with Crippen molar-refractivity contribution in [2.24, 2.45) is 12.0 Å². The molecule has 3 rings (SSSR count). The quantitative estimate of drug-likeness (QED) is 0.409. The first-order chi connectivity index (χ1) is 12.1. The van der Waals surface area contributed by atoms with Gasteiger partial charge in [0.25, 0.3) is 0 Å². The Bertz CT molecular complexity index is 592. The molecule has 8 heteroatoms. The zero-order valence-electron chi connectivity index (χ0n) is 16.6. The molecule has 1 aromatic rings. The summed E-state index contributed by atoms with van der Waals surface area (Å²) >= 11 is 0. The highest BCUT2D eigenvalue weighted by molar-refractivity contribution is 14.0. The van der Waals surface area contributed by atoms with Crippen molar-refractivity contribution in [2.45, 2.75) is 38.3 Å². The van der Waals surface area contributed by atoms with E-state index in [-0.39, 0.29) is 24.0 Å². The molecule has 1 aromatic heterocycles. The summed E-state index contributed by atoms with van der Waals surface area (Å²) in [4.78, 5) is 16.1. The number of imidazole rings is 1. The summed E-state index contributed by atoms with van der Waals surface area (Å²) < 4.78 is 2.13. The van der Waals surface area contributed by atoms with Gasteiger partial charge in [-0.2, -0.15) is 0 Å². The largest absolute Gasteiger partial charge is 0.351 e. The number of hydrogen-bond acceptors (Lipinski definition) is 4. The minimum atomic E-state index is 0. The number of aromatic nitrogens is 2. The molecule has 1 unspecified atom stereocenters. The van der Waals surface area contributed by atoms with E-state index in [2.05, 4.69) is 36.7 Å². The maximum Gasteiger partial charge on any atom is 0.204 e. The molecular weight excluding hydrogens is 441 g/mol.